The van der Waals surface area contributed by atoms with E-state index in [1.165, 1.54) is 6.07 Å². The van der Waals surface area contributed by atoms with E-state index in [0.29, 0.717) is 40.1 Å². The van der Waals surface area contributed by atoms with Gasteiger partial charge in [0.05, 0.1) is 24.5 Å². The number of carbonyl (C=O) groups is 1. The number of thioether (sulfide) groups is 1. The van der Waals surface area contributed by atoms with Crippen molar-refractivity contribution in [2.24, 2.45) is 0 Å². The Morgan fingerprint density at radius 1 is 1.07 bits per heavy atom. The smallest absolute Gasteiger partial charge is 0.475 e. The molecule has 9 nitrogen and oxygen atoms in total. The Morgan fingerprint density at radius 2 is 1.70 bits per heavy atom. The van der Waals surface area contributed by atoms with Crippen LogP contribution in [0.5, 0.6) is 0 Å². The molecule has 1 saturated carbocycles. The summed E-state index contributed by atoms with van der Waals surface area (Å²) in [5.74, 6) is -2.06. The summed E-state index contributed by atoms with van der Waals surface area (Å²) in [5, 5.41) is 11.2. The molecule has 1 aromatic carbocycles. The van der Waals surface area contributed by atoms with E-state index < -0.39 is 23.5 Å². The van der Waals surface area contributed by atoms with E-state index in [0.717, 1.165) is 78.0 Å². The lowest BCUT2D eigenvalue weighted by Crippen LogP contribution is -2.46. The van der Waals surface area contributed by atoms with E-state index in [-0.39, 0.29) is 5.39 Å². The fraction of sp³-hybridized carbons (Fsp3) is 0.654. The lowest BCUT2D eigenvalue weighted by Gasteiger charge is -2.39. The van der Waals surface area contributed by atoms with Crippen molar-refractivity contribution in [1.82, 2.24) is 14.9 Å². The zero-order valence-corrected chi connectivity index (χ0v) is 22.8. The molecule has 2 saturated heterocycles. The van der Waals surface area contributed by atoms with Crippen molar-refractivity contribution >= 4 is 34.3 Å². The monoisotopic (exact) mass is 590 g/mol. The number of ether oxygens (including phenoxy) is 2. The van der Waals surface area contributed by atoms with Crippen LogP contribution in [0, 0.1) is 5.82 Å². The number of halogens is 4. The molecule has 2 aromatic rings. The maximum atomic E-state index is 14.8. The topological polar surface area (TPSA) is 117 Å². The van der Waals surface area contributed by atoms with Gasteiger partial charge in [0.15, 0.2) is 0 Å². The number of aliphatic carboxylic acids is 1. The molecule has 2 aliphatic heterocycles. The van der Waals surface area contributed by atoms with E-state index in [1.807, 2.05) is 6.07 Å². The van der Waals surface area contributed by atoms with Gasteiger partial charge in [0.1, 0.15) is 17.0 Å². The van der Waals surface area contributed by atoms with Crippen molar-refractivity contribution in [3.05, 3.63) is 34.1 Å². The van der Waals surface area contributed by atoms with Crippen LogP contribution in [0.1, 0.15) is 44.3 Å². The van der Waals surface area contributed by atoms with Crippen LogP contribution >= 0.6 is 11.8 Å². The molecular formula is C26H34F4N4O5S. The fourth-order valence-electron chi connectivity index (χ4n) is 5.23. The van der Waals surface area contributed by atoms with Crippen LogP contribution < -0.4 is 10.9 Å². The van der Waals surface area contributed by atoms with Gasteiger partial charge in [-0.15, -0.1) is 0 Å². The first-order chi connectivity index (χ1) is 19.1. The SMILES string of the molecule is O=C(O)C(F)(F)F.O=c1[nH]c(CSC2CCOCC2)nc2cc(N[C@H]3CC[C@@H](N4CCOCC4)CC3)cc(F)c12. The van der Waals surface area contributed by atoms with Crippen molar-refractivity contribution in [3.63, 3.8) is 0 Å². The number of rotatable bonds is 6. The molecule has 0 unspecified atom stereocenters. The number of hydrogen-bond acceptors (Lipinski definition) is 8. The maximum Gasteiger partial charge on any atom is 0.490 e. The van der Waals surface area contributed by atoms with Gasteiger partial charge in [0.25, 0.3) is 5.56 Å². The van der Waals surface area contributed by atoms with Gasteiger partial charge in [-0.1, -0.05) is 0 Å². The summed E-state index contributed by atoms with van der Waals surface area (Å²) in [4.78, 5) is 31.4. The molecule has 222 valence electrons. The summed E-state index contributed by atoms with van der Waals surface area (Å²) >= 11 is 1.78. The van der Waals surface area contributed by atoms with Crippen LogP contribution in [-0.4, -0.2) is 89.0 Å². The molecule has 14 heteroatoms. The number of nitrogens with one attached hydrogen (secondary N) is 2. The number of carboxylic acids is 1. The third-order valence-electron chi connectivity index (χ3n) is 7.31. The molecule has 3 aliphatic rings. The van der Waals surface area contributed by atoms with E-state index >= 15 is 0 Å². The van der Waals surface area contributed by atoms with E-state index in [2.05, 4.69) is 20.2 Å². The average Bonchev–Trinajstić information content (AvgIpc) is 2.93. The molecular weight excluding hydrogens is 556 g/mol. The van der Waals surface area contributed by atoms with E-state index in [4.69, 9.17) is 19.4 Å². The first-order valence-electron chi connectivity index (χ1n) is 13.4. The summed E-state index contributed by atoms with van der Waals surface area (Å²) in [6, 6.07) is 4.19. The number of benzene rings is 1. The molecule has 1 aromatic heterocycles. The molecule has 0 amide bonds. The second kappa shape index (κ2) is 14.0. The van der Waals surface area contributed by atoms with Gasteiger partial charge >= 0.3 is 12.1 Å². The number of hydrogen-bond donors (Lipinski definition) is 3. The largest absolute Gasteiger partial charge is 0.490 e. The fourth-order valence-corrected chi connectivity index (χ4v) is 6.28. The quantitative estimate of drug-likeness (QED) is 0.427. The molecule has 3 heterocycles. The van der Waals surface area contributed by atoms with Gasteiger partial charge in [-0.2, -0.15) is 24.9 Å². The second-order valence-electron chi connectivity index (χ2n) is 10.1. The van der Waals surface area contributed by atoms with E-state index in [1.54, 1.807) is 11.8 Å². The minimum Gasteiger partial charge on any atom is -0.475 e. The van der Waals surface area contributed by atoms with Crippen LogP contribution in [0.25, 0.3) is 10.9 Å². The van der Waals surface area contributed by atoms with Crippen LogP contribution in [0.4, 0.5) is 23.2 Å². The zero-order valence-electron chi connectivity index (χ0n) is 22.0. The number of alkyl halides is 3. The third-order valence-corrected chi connectivity index (χ3v) is 8.69. The Kier molecular flexibility index (Phi) is 10.7. The predicted octanol–water partition coefficient (Wildman–Crippen LogP) is 4.16. The molecule has 0 bridgehead atoms. The second-order valence-corrected chi connectivity index (χ2v) is 11.4. The third kappa shape index (κ3) is 8.54. The van der Waals surface area contributed by atoms with Crippen molar-refractivity contribution < 1.29 is 36.9 Å². The Morgan fingerprint density at radius 3 is 2.33 bits per heavy atom. The molecule has 3 fully saturated rings. The first kappa shape index (κ1) is 30.5. The minimum atomic E-state index is -5.08. The molecule has 1 aliphatic carbocycles. The first-order valence-corrected chi connectivity index (χ1v) is 14.4. The predicted molar refractivity (Wildman–Crippen MR) is 143 cm³/mol. The summed E-state index contributed by atoms with van der Waals surface area (Å²) in [6.45, 7) is 5.27. The highest BCUT2D eigenvalue weighted by atomic mass is 32.2. The highest BCUT2D eigenvalue weighted by Crippen LogP contribution is 2.29. The lowest BCUT2D eigenvalue weighted by molar-refractivity contribution is -0.192. The maximum absolute atomic E-state index is 14.8. The van der Waals surface area contributed by atoms with Gasteiger partial charge in [0, 0.05) is 49.3 Å². The van der Waals surface area contributed by atoms with Crippen molar-refractivity contribution in [2.75, 3.05) is 44.8 Å². The highest BCUT2D eigenvalue weighted by molar-refractivity contribution is 7.99. The van der Waals surface area contributed by atoms with Crippen molar-refractivity contribution in [1.29, 1.82) is 0 Å². The molecule has 0 radical (unpaired) electrons. The number of H-pyrrole nitrogens is 1. The molecule has 3 N–H and O–H groups in total. The van der Waals surface area contributed by atoms with Gasteiger partial charge in [-0.25, -0.2) is 14.2 Å². The Hall–Kier alpha value is -2.42. The summed E-state index contributed by atoms with van der Waals surface area (Å²) < 4.78 is 57.5. The average molecular weight is 591 g/mol. The molecule has 0 atom stereocenters. The van der Waals surface area contributed by atoms with Gasteiger partial charge in [-0.05, 0) is 50.7 Å². The van der Waals surface area contributed by atoms with Crippen molar-refractivity contribution in [2.45, 2.75) is 67.8 Å². The number of aromatic amines is 1. The Labute approximate surface area is 233 Å². The number of anilines is 1. The van der Waals surface area contributed by atoms with Gasteiger partial charge in [0.2, 0.25) is 0 Å². The number of fused-ring (bicyclic) bond motifs is 1. The van der Waals surface area contributed by atoms with E-state index in [9.17, 15) is 22.4 Å². The summed E-state index contributed by atoms with van der Waals surface area (Å²) in [7, 11) is 0. The van der Waals surface area contributed by atoms with Crippen molar-refractivity contribution in [3.8, 4) is 0 Å². The Balaban J connectivity index is 0.000000470. The van der Waals surface area contributed by atoms with Crippen LogP contribution in [0.2, 0.25) is 0 Å². The van der Waals surface area contributed by atoms with Gasteiger partial charge < -0.3 is 24.9 Å². The van der Waals surface area contributed by atoms with Gasteiger partial charge in [-0.3, -0.25) is 9.69 Å². The number of nitrogens with zero attached hydrogens (tertiary/aromatic N) is 2. The highest BCUT2D eigenvalue weighted by Gasteiger charge is 2.38. The minimum absolute atomic E-state index is 0.0383. The summed E-state index contributed by atoms with van der Waals surface area (Å²) in [6.07, 6.45) is 1.32. The zero-order chi connectivity index (χ0) is 28.7. The van der Waals surface area contributed by atoms with Crippen LogP contribution in [-0.2, 0) is 20.0 Å². The Bertz CT molecular complexity index is 1190. The summed E-state index contributed by atoms with van der Waals surface area (Å²) in [5.41, 5.74) is 0.722. The molecule has 0 spiro atoms. The normalized spacial score (nSPS) is 22.9. The molecule has 5 rings (SSSR count). The number of carboxylic acid groups (broad SMARTS) is 1. The standard InChI is InChI=1S/C24H33FN4O3S.C2HF3O2/c25-20-13-17(26-16-1-3-18(4-2-16)29-7-11-32-12-8-29)14-21-23(20)24(30)28-22(27-21)15-33-19-5-9-31-10-6-19;3-2(4,5)1(6)7/h13-14,16,18-19,26H,1-12,15H2,(H,27,28,30);(H,6,7)/t16-,18+;. The van der Waals surface area contributed by atoms with Crippen LogP contribution in [0.3, 0.4) is 0 Å². The lowest BCUT2D eigenvalue weighted by atomic mass is 9.89. The molecule has 40 heavy (non-hydrogen) atoms. The van der Waals surface area contributed by atoms with Crippen LogP contribution in [0.15, 0.2) is 16.9 Å². The number of morpholine rings is 1. The number of aromatic nitrogens is 2.